The highest BCUT2D eigenvalue weighted by atomic mass is 127. The number of guanidine groups is 1. The number of amides is 1. The summed E-state index contributed by atoms with van der Waals surface area (Å²) in [6, 6.07) is 8.61. The maximum absolute atomic E-state index is 12.7. The van der Waals surface area contributed by atoms with Crippen LogP contribution in [0.2, 0.25) is 0 Å². The topological polar surface area (TPSA) is 89.2 Å². The Labute approximate surface area is 212 Å². The molecule has 1 aromatic heterocycles. The average Bonchev–Trinajstić information content (AvgIpc) is 3.23. The number of aliphatic hydroxyl groups excluding tert-OH is 1. The molecule has 2 aliphatic rings. The molecule has 2 aliphatic heterocycles. The first-order valence-electron chi connectivity index (χ1n) is 11.2. The summed E-state index contributed by atoms with van der Waals surface area (Å²) in [6.07, 6.45) is 5.17. The number of benzene rings is 1. The molecular formula is C23H34IN7O2. The number of aromatic nitrogens is 2. The van der Waals surface area contributed by atoms with Crippen LogP contribution in [0.15, 0.2) is 41.7 Å². The van der Waals surface area contributed by atoms with Crippen molar-refractivity contribution in [2.75, 3.05) is 44.7 Å². The molecule has 9 nitrogen and oxygen atoms in total. The number of carbonyl (C=O) groups is 1. The first-order chi connectivity index (χ1) is 15.5. The fourth-order valence-corrected chi connectivity index (χ4v) is 4.29. The Bertz CT molecular complexity index is 939. The predicted molar refractivity (Wildman–Crippen MR) is 140 cm³/mol. The Hall–Kier alpha value is -2.18. The van der Waals surface area contributed by atoms with Gasteiger partial charge in [0, 0.05) is 59.6 Å². The summed E-state index contributed by atoms with van der Waals surface area (Å²) in [7, 11) is 3.60. The molecule has 3 heterocycles. The van der Waals surface area contributed by atoms with Crippen molar-refractivity contribution in [2.24, 2.45) is 12.0 Å². The molecule has 2 fully saturated rings. The lowest BCUT2D eigenvalue weighted by atomic mass is 10.1. The summed E-state index contributed by atoms with van der Waals surface area (Å²) >= 11 is 0. The normalized spacial score (nSPS) is 18.4. The Kier molecular flexibility index (Phi) is 9.10. The number of hydrogen-bond acceptors (Lipinski definition) is 5. The second-order valence-electron chi connectivity index (χ2n) is 8.56. The van der Waals surface area contributed by atoms with Crippen molar-refractivity contribution in [1.29, 1.82) is 0 Å². The largest absolute Gasteiger partial charge is 0.393 e. The number of nitrogens with one attached hydrogen (secondary N) is 1. The van der Waals surface area contributed by atoms with Crippen molar-refractivity contribution in [2.45, 2.75) is 32.0 Å². The number of nitrogens with zero attached hydrogens (tertiary/aromatic N) is 6. The van der Waals surface area contributed by atoms with Crippen molar-refractivity contribution >= 4 is 41.5 Å². The van der Waals surface area contributed by atoms with Gasteiger partial charge < -0.3 is 20.2 Å². The van der Waals surface area contributed by atoms with E-state index in [9.17, 15) is 9.90 Å². The molecule has 0 spiro atoms. The summed E-state index contributed by atoms with van der Waals surface area (Å²) in [5.74, 6) is 0.780. The van der Waals surface area contributed by atoms with E-state index in [4.69, 9.17) is 0 Å². The van der Waals surface area contributed by atoms with Crippen LogP contribution in [0.4, 0.5) is 5.69 Å². The number of aliphatic hydroxyl groups is 1. The van der Waals surface area contributed by atoms with E-state index in [1.54, 1.807) is 22.8 Å². The lowest BCUT2D eigenvalue weighted by Crippen LogP contribution is -2.55. The summed E-state index contributed by atoms with van der Waals surface area (Å²) in [4.78, 5) is 23.2. The zero-order valence-electron chi connectivity index (χ0n) is 19.4. The quantitative estimate of drug-likeness (QED) is 0.323. The van der Waals surface area contributed by atoms with Crippen LogP contribution in [0, 0.1) is 0 Å². The minimum Gasteiger partial charge on any atom is -0.393 e. The maximum Gasteiger partial charge on any atom is 0.246 e. The van der Waals surface area contributed by atoms with E-state index < -0.39 is 0 Å². The van der Waals surface area contributed by atoms with E-state index in [0.29, 0.717) is 19.6 Å². The van der Waals surface area contributed by atoms with Gasteiger partial charge in [-0.05, 0) is 24.0 Å². The van der Waals surface area contributed by atoms with Crippen molar-refractivity contribution in [3.05, 3.63) is 47.8 Å². The molecule has 0 unspecified atom stereocenters. The molecule has 2 saturated heterocycles. The molecule has 0 radical (unpaired) electrons. The third kappa shape index (κ3) is 6.67. The van der Waals surface area contributed by atoms with Gasteiger partial charge in [0.25, 0.3) is 0 Å². The lowest BCUT2D eigenvalue weighted by Gasteiger charge is -2.35. The zero-order chi connectivity index (χ0) is 22.5. The van der Waals surface area contributed by atoms with Gasteiger partial charge in [-0.15, -0.1) is 24.0 Å². The van der Waals surface area contributed by atoms with E-state index >= 15 is 0 Å². The predicted octanol–water partition coefficient (Wildman–Crippen LogP) is 1.42. The molecule has 33 heavy (non-hydrogen) atoms. The second kappa shape index (κ2) is 11.8. The van der Waals surface area contributed by atoms with Crippen molar-refractivity contribution < 1.29 is 9.90 Å². The molecule has 1 amide bonds. The van der Waals surface area contributed by atoms with Gasteiger partial charge in [0.1, 0.15) is 6.54 Å². The second-order valence-corrected chi connectivity index (χ2v) is 8.56. The summed E-state index contributed by atoms with van der Waals surface area (Å²) in [6.45, 7) is 5.09. The number of rotatable bonds is 5. The molecule has 1 aromatic carbocycles. The van der Waals surface area contributed by atoms with Crippen LogP contribution in [-0.2, 0) is 24.9 Å². The van der Waals surface area contributed by atoms with Crippen LogP contribution in [0.3, 0.4) is 0 Å². The number of piperidine rings is 1. The van der Waals surface area contributed by atoms with Crippen LogP contribution in [0.5, 0.6) is 0 Å². The monoisotopic (exact) mass is 567 g/mol. The summed E-state index contributed by atoms with van der Waals surface area (Å²) in [5, 5.41) is 17.2. The summed E-state index contributed by atoms with van der Waals surface area (Å²) < 4.78 is 1.71. The van der Waals surface area contributed by atoms with Gasteiger partial charge in [-0.1, -0.05) is 24.3 Å². The molecule has 0 atom stereocenters. The molecule has 0 aliphatic carbocycles. The van der Waals surface area contributed by atoms with Crippen molar-refractivity contribution in [3.63, 3.8) is 0 Å². The molecule has 10 heteroatoms. The van der Waals surface area contributed by atoms with Crippen molar-refractivity contribution in [3.8, 4) is 0 Å². The van der Waals surface area contributed by atoms with Gasteiger partial charge in [-0.25, -0.2) is 0 Å². The van der Waals surface area contributed by atoms with Crippen LogP contribution < -0.4 is 10.2 Å². The van der Waals surface area contributed by atoms with Gasteiger partial charge in [0.15, 0.2) is 5.96 Å². The fraction of sp³-hybridized carbons (Fsp3) is 0.522. The Balaban J connectivity index is 0.00000306. The van der Waals surface area contributed by atoms with E-state index in [1.807, 2.05) is 18.1 Å². The first kappa shape index (κ1) is 25.4. The highest BCUT2D eigenvalue weighted by molar-refractivity contribution is 14.0. The maximum atomic E-state index is 12.7. The van der Waals surface area contributed by atoms with Gasteiger partial charge in [-0.2, -0.15) is 5.10 Å². The Morgan fingerprint density at radius 3 is 2.45 bits per heavy atom. The first-order valence-corrected chi connectivity index (χ1v) is 11.2. The number of aliphatic imine (C=N–C) groups is 1. The minimum absolute atomic E-state index is 0. The van der Waals surface area contributed by atoms with Crippen LogP contribution >= 0.6 is 24.0 Å². The molecule has 180 valence electrons. The highest BCUT2D eigenvalue weighted by Crippen LogP contribution is 2.17. The average molecular weight is 567 g/mol. The van der Waals surface area contributed by atoms with Gasteiger partial charge in [0.05, 0.1) is 18.0 Å². The van der Waals surface area contributed by atoms with Crippen molar-refractivity contribution in [1.82, 2.24) is 24.9 Å². The number of piperazine rings is 1. The number of carbonyl (C=O) groups excluding carboxylic acids is 1. The van der Waals surface area contributed by atoms with Gasteiger partial charge in [0.2, 0.25) is 5.91 Å². The third-order valence-corrected chi connectivity index (χ3v) is 6.17. The highest BCUT2D eigenvalue weighted by Gasteiger charge is 2.27. The van der Waals surface area contributed by atoms with E-state index in [1.165, 1.54) is 11.1 Å². The lowest BCUT2D eigenvalue weighted by molar-refractivity contribution is -0.120. The van der Waals surface area contributed by atoms with Crippen LogP contribution in [0.25, 0.3) is 0 Å². The van der Waals surface area contributed by atoms with Crippen LogP contribution in [0.1, 0.15) is 24.0 Å². The molecule has 2 aromatic rings. The zero-order valence-corrected chi connectivity index (χ0v) is 21.7. The number of halogens is 1. The van der Waals surface area contributed by atoms with E-state index in [2.05, 4.69) is 44.6 Å². The van der Waals surface area contributed by atoms with Gasteiger partial charge in [-0.3, -0.25) is 19.4 Å². The minimum atomic E-state index is -0.136. The number of aryl methyl sites for hydroxylation is 1. The smallest absolute Gasteiger partial charge is 0.246 e. The van der Waals surface area contributed by atoms with E-state index in [-0.39, 0.29) is 42.5 Å². The number of hydrogen-bond donors (Lipinski definition) is 2. The summed E-state index contributed by atoms with van der Waals surface area (Å²) in [5.41, 5.74) is 3.29. The molecule has 2 N–H and O–H groups in total. The molecule has 0 bridgehead atoms. The number of likely N-dealkylation sites (tertiary alicyclic amines) is 1. The van der Waals surface area contributed by atoms with Crippen LogP contribution in [-0.4, -0.2) is 82.4 Å². The fourth-order valence-electron chi connectivity index (χ4n) is 4.29. The Morgan fingerprint density at radius 1 is 1.15 bits per heavy atom. The molecule has 0 saturated carbocycles. The SMILES string of the molecule is CN=C(NCc1ccc(CN2CCC(O)CC2)cc1)N1CCN(c2cnn(C)c2)C(=O)C1.I. The molecule has 4 rings (SSSR count). The van der Waals surface area contributed by atoms with E-state index in [0.717, 1.165) is 44.1 Å². The van der Waals surface area contributed by atoms with Gasteiger partial charge >= 0.3 is 0 Å². The third-order valence-electron chi connectivity index (χ3n) is 6.17. The standard InChI is InChI=1S/C23H33N7O2.HI/c1-24-23(29-11-12-30(22(32)17-29)20-14-26-27(2)16-20)25-13-18-3-5-19(6-4-18)15-28-9-7-21(31)8-10-28;/h3-6,14,16,21,31H,7-13,15,17H2,1-2H3,(H,24,25);1H. The molecular weight excluding hydrogens is 533 g/mol. The Morgan fingerprint density at radius 2 is 1.85 bits per heavy atom. The number of anilines is 1.